The lowest BCUT2D eigenvalue weighted by molar-refractivity contribution is 0.225. The Morgan fingerprint density at radius 2 is 2.19 bits per heavy atom. The summed E-state index contributed by atoms with van der Waals surface area (Å²) in [6, 6.07) is 6.74. The number of anilines is 1. The van der Waals surface area contributed by atoms with Crippen LogP contribution in [0.4, 0.5) is 10.4 Å². The lowest BCUT2D eigenvalue weighted by atomic mass is 10.0. The summed E-state index contributed by atoms with van der Waals surface area (Å²) in [5, 5.41) is 13.5. The lowest BCUT2D eigenvalue weighted by Gasteiger charge is -2.31. The summed E-state index contributed by atoms with van der Waals surface area (Å²) in [5.41, 5.74) is 2.68. The zero-order valence-corrected chi connectivity index (χ0v) is 15.5. The van der Waals surface area contributed by atoms with Gasteiger partial charge in [-0.3, -0.25) is 0 Å². The summed E-state index contributed by atoms with van der Waals surface area (Å²) in [6.45, 7) is 7.05. The minimum absolute atomic E-state index is 0.136. The first-order valence-electron chi connectivity index (χ1n) is 9.29. The maximum Gasteiger partial charge on any atom is 0.297 e. The van der Waals surface area contributed by atoms with Gasteiger partial charge in [-0.1, -0.05) is 6.92 Å². The Hall–Kier alpha value is -2.67. The number of aromatic hydroxyl groups is 1. The highest BCUT2D eigenvalue weighted by molar-refractivity contribution is 5.78. The normalized spacial score (nSPS) is 18.1. The topological polar surface area (TPSA) is 74.4 Å². The highest BCUT2D eigenvalue weighted by Gasteiger charge is 2.21. The summed E-state index contributed by atoms with van der Waals surface area (Å²) < 4.78 is 19.2. The molecule has 142 valence electrons. The van der Waals surface area contributed by atoms with Crippen LogP contribution in [0.3, 0.4) is 0 Å². The van der Waals surface area contributed by atoms with Crippen LogP contribution in [0.25, 0.3) is 22.5 Å². The summed E-state index contributed by atoms with van der Waals surface area (Å²) in [6.07, 6.45) is 2.23. The third-order valence-corrected chi connectivity index (χ3v) is 5.07. The zero-order chi connectivity index (χ0) is 19.0. The van der Waals surface area contributed by atoms with Gasteiger partial charge in [0.15, 0.2) is 5.58 Å². The molecule has 27 heavy (non-hydrogen) atoms. The van der Waals surface area contributed by atoms with E-state index >= 15 is 0 Å². The number of fused-ring (bicyclic) bond motifs is 1. The number of phenolic OH excluding ortho intramolecular Hbond substituents is 1. The van der Waals surface area contributed by atoms with Gasteiger partial charge in [-0.15, -0.1) is 0 Å². The number of hydrogen-bond acceptors (Lipinski definition) is 6. The zero-order valence-electron chi connectivity index (χ0n) is 15.5. The number of rotatable bonds is 4. The van der Waals surface area contributed by atoms with Crippen LogP contribution >= 0.6 is 0 Å². The molecule has 0 amide bonds. The van der Waals surface area contributed by atoms with Gasteiger partial charge in [0, 0.05) is 24.2 Å². The molecule has 1 aliphatic heterocycles. The quantitative estimate of drug-likeness (QED) is 0.725. The van der Waals surface area contributed by atoms with Crippen LogP contribution in [0.1, 0.15) is 25.3 Å². The Balaban J connectivity index is 1.61. The van der Waals surface area contributed by atoms with E-state index in [1.807, 2.05) is 0 Å². The molecule has 1 fully saturated rings. The molecule has 0 aliphatic carbocycles. The molecule has 4 rings (SSSR count). The molecule has 3 heterocycles. The number of oxazole rings is 1. The molecule has 1 atom stereocenters. The van der Waals surface area contributed by atoms with Gasteiger partial charge in [0.25, 0.3) is 6.01 Å². The maximum absolute atomic E-state index is 13.4. The van der Waals surface area contributed by atoms with Gasteiger partial charge in [0.05, 0.1) is 5.69 Å². The number of piperidine rings is 1. The first kappa shape index (κ1) is 17.7. The van der Waals surface area contributed by atoms with Crippen molar-refractivity contribution in [1.29, 1.82) is 0 Å². The van der Waals surface area contributed by atoms with E-state index in [4.69, 9.17) is 4.42 Å². The molecule has 0 saturated carbocycles. The fourth-order valence-corrected chi connectivity index (χ4v) is 3.71. The van der Waals surface area contributed by atoms with Gasteiger partial charge >= 0.3 is 0 Å². The van der Waals surface area contributed by atoms with Crippen LogP contribution in [0.15, 0.2) is 28.7 Å². The van der Waals surface area contributed by atoms with Gasteiger partial charge in [-0.25, -0.2) is 9.37 Å². The number of nitrogens with one attached hydrogen (secondary N) is 1. The van der Waals surface area contributed by atoms with Crippen LogP contribution in [-0.2, 0) is 0 Å². The summed E-state index contributed by atoms with van der Waals surface area (Å²) >= 11 is 0. The van der Waals surface area contributed by atoms with Crippen molar-refractivity contribution < 1.29 is 13.9 Å². The number of benzene rings is 1. The minimum Gasteiger partial charge on any atom is -0.507 e. The number of likely N-dealkylation sites (N-methyl/N-ethyl adjacent to an activating group) is 1. The Labute approximate surface area is 157 Å². The molecule has 0 spiro atoms. The van der Waals surface area contributed by atoms with Crippen molar-refractivity contribution in [1.82, 2.24) is 14.9 Å². The fourth-order valence-electron chi connectivity index (χ4n) is 3.71. The molecule has 0 bridgehead atoms. The number of phenols is 1. The number of aryl methyl sites for hydroxylation is 1. The maximum atomic E-state index is 13.4. The van der Waals surface area contributed by atoms with Crippen LogP contribution in [-0.4, -0.2) is 45.7 Å². The first-order valence-corrected chi connectivity index (χ1v) is 9.29. The molecule has 2 N–H and O–H groups in total. The number of nitrogens with zero attached hydrogens (tertiary/aromatic N) is 3. The summed E-state index contributed by atoms with van der Waals surface area (Å²) in [4.78, 5) is 11.4. The molecular weight excluding hydrogens is 347 g/mol. The van der Waals surface area contributed by atoms with Gasteiger partial charge in [-0.2, -0.15) is 4.98 Å². The van der Waals surface area contributed by atoms with E-state index in [-0.39, 0.29) is 5.75 Å². The Morgan fingerprint density at radius 3 is 2.96 bits per heavy atom. The van der Waals surface area contributed by atoms with E-state index in [9.17, 15) is 9.50 Å². The van der Waals surface area contributed by atoms with Crippen molar-refractivity contribution >= 4 is 17.2 Å². The average molecular weight is 370 g/mol. The van der Waals surface area contributed by atoms with Crippen LogP contribution in [0, 0.1) is 12.7 Å². The standard InChI is InChI=1S/C20H23FN4O2/c1-3-25-8-4-5-14(11-25)22-20-24-19-17(27-20)7-6-15(23-19)18-12(2)9-13(21)10-16(18)26/h6-7,9-10,14,26H,3-5,8,11H2,1-2H3,(H,22,23,24)/t14-/m1/s1. The van der Waals surface area contributed by atoms with Crippen molar-refractivity contribution in [2.24, 2.45) is 0 Å². The van der Waals surface area contributed by atoms with Crippen molar-refractivity contribution in [2.45, 2.75) is 32.7 Å². The summed E-state index contributed by atoms with van der Waals surface area (Å²) in [5.74, 6) is -0.612. The Morgan fingerprint density at radius 1 is 1.33 bits per heavy atom. The average Bonchev–Trinajstić information content (AvgIpc) is 3.02. The van der Waals surface area contributed by atoms with E-state index in [0.29, 0.717) is 40.1 Å². The minimum atomic E-state index is -0.476. The predicted molar refractivity (Wildman–Crippen MR) is 102 cm³/mol. The number of pyridine rings is 1. The van der Waals surface area contributed by atoms with Crippen molar-refractivity contribution in [3.63, 3.8) is 0 Å². The van der Waals surface area contributed by atoms with E-state index in [1.54, 1.807) is 19.1 Å². The smallest absolute Gasteiger partial charge is 0.297 e. The molecule has 0 unspecified atom stereocenters. The highest BCUT2D eigenvalue weighted by atomic mass is 19.1. The van der Waals surface area contributed by atoms with E-state index in [2.05, 4.69) is 27.1 Å². The molecule has 1 aliphatic rings. The second-order valence-corrected chi connectivity index (χ2v) is 7.03. The fraction of sp³-hybridized carbons (Fsp3) is 0.400. The van der Waals surface area contributed by atoms with Crippen LogP contribution < -0.4 is 5.32 Å². The molecule has 3 aromatic rings. The summed E-state index contributed by atoms with van der Waals surface area (Å²) in [7, 11) is 0. The second kappa shape index (κ2) is 7.15. The van der Waals surface area contributed by atoms with Crippen molar-refractivity contribution in [3.05, 3.63) is 35.6 Å². The van der Waals surface area contributed by atoms with Gasteiger partial charge in [-0.05, 0) is 56.6 Å². The number of aromatic nitrogens is 2. The SMILES string of the molecule is CCN1CCC[C@@H](Nc2nc3nc(-c4c(C)cc(F)cc4O)ccc3o2)C1. The Bertz CT molecular complexity index is 949. The number of likely N-dealkylation sites (tertiary alicyclic amines) is 1. The number of hydrogen-bond donors (Lipinski definition) is 2. The molecule has 7 heteroatoms. The Kier molecular flexibility index (Phi) is 4.70. The van der Waals surface area contributed by atoms with Gasteiger partial charge in [0.1, 0.15) is 11.6 Å². The van der Waals surface area contributed by atoms with Gasteiger partial charge in [0.2, 0.25) is 5.65 Å². The van der Waals surface area contributed by atoms with Crippen LogP contribution in [0.5, 0.6) is 5.75 Å². The molecule has 1 saturated heterocycles. The molecule has 1 aromatic carbocycles. The third-order valence-electron chi connectivity index (χ3n) is 5.07. The monoisotopic (exact) mass is 370 g/mol. The molecular formula is C20H23FN4O2. The lowest BCUT2D eigenvalue weighted by Crippen LogP contribution is -2.41. The van der Waals surface area contributed by atoms with E-state index in [0.717, 1.165) is 38.5 Å². The van der Waals surface area contributed by atoms with Gasteiger partial charge < -0.3 is 19.7 Å². The molecule has 2 aromatic heterocycles. The molecule has 0 radical (unpaired) electrons. The van der Waals surface area contributed by atoms with Crippen molar-refractivity contribution in [2.75, 3.05) is 25.0 Å². The largest absolute Gasteiger partial charge is 0.507 e. The number of halogens is 1. The first-order chi connectivity index (χ1) is 13.0. The van der Waals surface area contributed by atoms with Crippen molar-refractivity contribution in [3.8, 4) is 17.0 Å². The third kappa shape index (κ3) is 3.60. The van der Waals surface area contributed by atoms with E-state index < -0.39 is 5.82 Å². The second-order valence-electron chi connectivity index (χ2n) is 7.03. The highest BCUT2D eigenvalue weighted by Crippen LogP contribution is 2.33. The predicted octanol–water partition coefficient (Wildman–Crippen LogP) is 3.94. The van der Waals surface area contributed by atoms with Crippen LogP contribution in [0.2, 0.25) is 0 Å². The molecule has 6 nitrogen and oxygen atoms in total. The van der Waals surface area contributed by atoms with E-state index in [1.165, 1.54) is 6.07 Å².